The molecule has 0 spiro atoms. The molecule has 1 saturated heterocycles. The summed E-state index contributed by atoms with van der Waals surface area (Å²) in [6, 6.07) is 13.3. The van der Waals surface area contributed by atoms with E-state index in [9.17, 15) is 18.8 Å². The van der Waals surface area contributed by atoms with Crippen LogP contribution in [0.15, 0.2) is 64.7 Å². The highest BCUT2D eigenvalue weighted by atomic mass is 19.1. The summed E-state index contributed by atoms with van der Waals surface area (Å²) >= 11 is 0. The zero-order valence-electron chi connectivity index (χ0n) is 18.2. The number of methoxy groups -OCH3 is 2. The smallest absolute Gasteiger partial charge is 0.373 e. The van der Waals surface area contributed by atoms with Crippen molar-refractivity contribution in [2.24, 2.45) is 0 Å². The number of amides is 3. The minimum Gasteiger partial charge on any atom is -0.496 e. The largest absolute Gasteiger partial charge is 0.496 e. The van der Waals surface area contributed by atoms with Gasteiger partial charge in [-0.25, -0.2) is 14.0 Å². The highest BCUT2D eigenvalue weighted by Gasteiger charge is 2.34. The van der Waals surface area contributed by atoms with Gasteiger partial charge in [0.1, 0.15) is 23.0 Å². The summed E-state index contributed by atoms with van der Waals surface area (Å²) in [7, 11) is 2.56. The van der Waals surface area contributed by atoms with Crippen LogP contribution < -0.4 is 14.8 Å². The van der Waals surface area contributed by atoms with E-state index in [1.165, 1.54) is 38.5 Å². The molecule has 2 aromatic carbocycles. The second-order valence-corrected chi connectivity index (χ2v) is 7.08. The van der Waals surface area contributed by atoms with Crippen LogP contribution in [0.3, 0.4) is 0 Å². The Morgan fingerprint density at radius 1 is 1.09 bits per heavy atom. The van der Waals surface area contributed by atoms with Crippen LogP contribution in [0.25, 0.3) is 6.08 Å². The molecule has 0 bridgehead atoms. The zero-order valence-corrected chi connectivity index (χ0v) is 18.2. The molecule has 2 heterocycles. The molecule has 174 valence electrons. The number of para-hydroxylation sites is 1. The number of urea groups is 1. The maximum Gasteiger partial charge on any atom is 0.373 e. The Morgan fingerprint density at radius 3 is 2.56 bits per heavy atom. The second kappa shape index (κ2) is 9.49. The number of carbonyl (C=O) groups is 3. The Morgan fingerprint density at radius 2 is 1.85 bits per heavy atom. The highest BCUT2D eigenvalue weighted by Crippen LogP contribution is 2.33. The second-order valence-electron chi connectivity index (χ2n) is 7.08. The first-order valence-corrected chi connectivity index (χ1v) is 10.0. The van der Waals surface area contributed by atoms with Crippen molar-refractivity contribution < 1.29 is 37.4 Å². The maximum absolute atomic E-state index is 14.5. The van der Waals surface area contributed by atoms with Gasteiger partial charge in [-0.2, -0.15) is 0 Å². The molecule has 1 aliphatic rings. The minimum atomic E-state index is -0.686. The number of carbonyl (C=O) groups excluding carboxylic acids is 3. The zero-order chi connectivity index (χ0) is 24.2. The van der Waals surface area contributed by atoms with E-state index in [1.807, 2.05) is 0 Å². The van der Waals surface area contributed by atoms with Crippen molar-refractivity contribution in [3.8, 4) is 17.2 Å². The Balaban J connectivity index is 1.59. The van der Waals surface area contributed by atoms with E-state index >= 15 is 0 Å². The first-order chi connectivity index (χ1) is 16.4. The van der Waals surface area contributed by atoms with E-state index in [2.05, 4.69) is 10.1 Å². The molecule has 0 saturated carbocycles. The molecule has 0 aliphatic carbocycles. The fraction of sp³-hybridized carbons (Fsp3) is 0.125. The molecule has 0 atom stereocenters. The topological polar surface area (TPSA) is 107 Å². The van der Waals surface area contributed by atoms with E-state index in [0.717, 1.165) is 11.0 Å². The third-order valence-corrected chi connectivity index (χ3v) is 4.88. The van der Waals surface area contributed by atoms with Gasteiger partial charge in [-0.15, -0.1) is 0 Å². The number of nitrogens with zero attached hydrogens (tertiary/aromatic N) is 1. The van der Waals surface area contributed by atoms with Gasteiger partial charge in [0, 0.05) is 11.6 Å². The number of esters is 1. The average Bonchev–Trinajstić information content (AvgIpc) is 3.41. The van der Waals surface area contributed by atoms with Crippen LogP contribution >= 0.6 is 0 Å². The van der Waals surface area contributed by atoms with Crippen molar-refractivity contribution in [3.63, 3.8) is 0 Å². The molecule has 1 fully saturated rings. The summed E-state index contributed by atoms with van der Waals surface area (Å²) in [6.07, 6.45) is 1.36. The van der Waals surface area contributed by atoms with Crippen molar-refractivity contribution in [1.29, 1.82) is 0 Å². The summed E-state index contributed by atoms with van der Waals surface area (Å²) < 4.78 is 35.3. The molecule has 3 aromatic rings. The van der Waals surface area contributed by atoms with Crippen LogP contribution in [-0.4, -0.2) is 37.0 Å². The van der Waals surface area contributed by atoms with Crippen LogP contribution in [0.2, 0.25) is 0 Å². The molecule has 1 aromatic heterocycles. The average molecular weight is 466 g/mol. The van der Waals surface area contributed by atoms with Crippen molar-refractivity contribution in [1.82, 2.24) is 10.2 Å². The number of benzene rings is 2. The molecular formula is C24H19FN2O7. The number of nitrogens with one attached hydrogen (secondary N) is 1. The van der Waals surface area contributed by atoms with Crippen LogP contribution in [0.5, 0.6) is 17.2 Å². The van der Waals surface area contributed by atoms with Gasteiger partial charge in [0.15, 0.2) is 11.6 Å². The van der Waals surface area contributed by atoms with Gasteiger partial charge in [-0.1, -0.05) is 18.2 Å². The summed E-state index contributed by atoms with van der Waals surface area (Å²) in [5.41, 5.74) is 0.256. The van der Waals surface area contributed by atoms with Gasteiger partial charge in [0.25, 0.3) is 5.91 Å². The summed E-state index contributed by atoms with van der Waals surface area (Å²) in [6.45, 7) is -0.206. The minimum absolute atomic E-state index is 0.0534. The molecule has 9 nitrogen and oxygen atoms in total. The van der Waals surface area contributed by atoms with Crippen LogP contribution in [0.1, 0.15) is 21.9 Å². The first-order valence-electron chi connectivity index (χ1n) is 10.0. The lowest BCUT2D eigenvalue weighted by molar-refractivity contribution is -0.123. The number of halogens is 1. The van der Waals surface area contributed by atoms with E-state index in [0.29, 0.717) is 11.3 Å². The third-order valence-electron chi connectivity index (χ3n) is 4.88. The monoisotopic (exact) mass is 466 g/mol. The molecule has 1 N–H and O–H groups in total. The molecule has 4 rings (SSSR count). The SMILES string of the molecule is COC(=O)c1ccc(CN2C(=O)NC(=Cc3cc(Oc4ccccc4)c(F)cc3OC)C2=O)o1. The van der Waals surface area contributed by atoms with Gasteiger partial charge < -0.3 is 23.9 Å². The summed E-state index contributed by atoms with van der Waals surface area (Å²) in [5.74, 6) is -1.35. The molecular weight excluding hydrogens is 447 g/mol. The number of hydrogen-bond acceptors (Lipinski definition) is 7. The van der Waals surface area contributed by atoms with Gasteiger partial charge in [0.2, 0.25) is 5.76 Å². The van der Waals surface area contributed by atoms with Crippen LogP contribution in [0, 0.1) is 5.82 Å². The van der Waals surface area contributed by atoms with Crippen molar-refractivity contribution >= 4 is 24.0 Å². The number of imide groups is 1. The van der Waals surface area contributed by atoms with Crippen molar-refractivity contribution in [2.45, 2.75) is 6.54 Å². The lowest BCUT2D eigenvalue weighted by atomic mass is 10.1. The lowest BCUT2D eigenvalue weighted by Gasteiger charge is -2.11. The number of rotatable bonds is 7. The predicted molar refractivity (Wildman–Crippen MR) is 117 cm³/mol. The first kappa shape index (κ1) is 22.6. The Kier molecular flexibility index (Phi) is 6.30. The summed E-state index contributed by atoms with van der Waals surface area (Å²) in [5, 5.41) is 2.47. The molecule has 10 heteroatoms. The van der Waals surface area contributed by atoms with E-state index < -0.39 is 23.7 Å². The fourth-order valence-corrected chi connectivity index (χ4v) is 3.23. The normalized spacial score (nSPS) is 14.3. The number of ether oxygens (including phenoxy) is 3. The third kappa shape index (κ3) is 4.60. The Hall–Kier alpha value is -4.60. The Labute approximate surface area is 193 Å². The molecule has 34 heavy (non-hydrogen) atoms. The standard InChI is InChI=1S/C24H19FN2O7/c1-31-20-12-17(25)21(33-15-6-4-3-5-7-15)11-14(20)10-18-22(28)27(24(30)26-18)13-16-8-9-19(34-16)23(29)32-2/h3-12H,13H2,1-2H3,(H,26,30). The molecule has 3 amide bonds. The predicted octanol–water partition coefficient (Wildman–Crippen LogP) is 4.10. The van der Waals surface area contributed by atoms with E-state index in [-0.39, 0.29) is 35.3 Å². The van der Waals surface area contributed by atoms with Gasteiger partial charge in [0.05, 0.1) is 20.8 Å². The van der Waals surface area contributed by atoms with Gasteiger partial charge >= 0.3 is 12.0 Å². The Bertz CT molecular complexity index is 1280. The maximum atomic E-state index is 14.5. The highest BCUT2D eigenvalue weighted by molar-refractivity contribution is 6.14. The van der Waals surface area contributed by atoms with Crippen molar-refractivity contribution in [3.05, 3.63) is 83.2 Å². The quantitative estimate of drug-likeness (QED) is 0.317. The van der Waals surface area contributed by atoms with Crippen LogP contribution in [-0.2, 0) is 16.1 Å². The number of furan rings is 1. The van der Waals surface area contributed by atoms with Gasteiger partial charge in [-0.3, -0.25) is 9.69 Å². The van der Waals surface area contributed by atoms with Crippen LogP contribution in [0.4, 0.5) is 9.18 Å². The van der Waals surface area contributed by atoms with E-state index in [4.69, 9.17) is 13.9 Å². The van der Waals surface area contributed by atoms with Gasteiger partial charge in [-0.05, 0) is 36.4 Å². The number of hydrogen-bond donors (Lipinski definition) is 1. The lowest BCUT2D eigenvalue weighted by Crippen LogP contribution is -2.30. The fourth-order valence-electron chi connectivity index (χ4n) is 3.23. The summed E-state index contributed by atoms with van der Waals surface area (Å²) in [4.78, 5) is 37.7. The molecule has 1 aliphatic heterocycles. The van der Waals surface area contributed by atoms with Crippen molar-refractivity contribution in [2.75, 3.05) is 14.2 Å². The van der Waals surface area contributed by atoms with E-state index in [1.54, 1.807) is 30.3 Å². The molecule has 0 unspecified atom stereocenters. The molecule has 0 radical (unpaired) electrons.